The van der Waals surface area contributed by atoms with Crippen LogP contribution < -0.4 is 25.1 Å². The summed E-state index contributed by atoms with van der Waals surface area (Å²) in [5.41, 5.74) is 0.478. The summed E-state index contributed by atoms with van der Waals surface area (Å²) in [7, 11) is -10.1. The number of carboxylic acid groups (broad SMARTS) is 1. The summed E-state index contributed by atoms with van der Waals surface area (Å²) in [6.45, 7) is 10.6. The zero-order valence-electron chi connectivity index (χ0n) is 41.9. The number of aliphatic hydroxyl groups excluding tert-OH is 1. The number of aliphatic hydroxyl groups is 1. The van der Waals surface area contributed by atoms with E-state index in [0.717, 1.165) is 39.2 Å². The molecule has 3 fully saturated rings. The molecule has 2 atom stereocenters. The number of anilines is 4. The van der Waals surface area contributed by atoms with E-state index in [0.29, 0.717) is 92.8 Å². The van der Waals surface area contributed by atoms with Crippen LogP contribution in [0.15, 0.2) is 131 Å². The van der Waals surface area contributed by atoms with E-state index in [9.17, 15) is 41.2 Å². The smallest absolute Gasteiger partial charge is 0.478 e. The lowest BCUT2D eigenvalue weighted by molar-refractivity contribution is -0.0435. The van der Waals surface area contributed by atoms with Gasteiger partial charge in [0.15, 0.2) is 0 Å². The molecule has 20 heteroatoms. The van der Waals surface area contributed by atoms with E-state index in [1.807, 2.05) is 99.6 Å². The lowest BCUT2D eigenvalue weighted by Gasteiger charge is -2.37. The Hall–Kier alpha value is -5.46. The second kappa shape index (κ2) is 22.6. The van der Waals surface area contributed by atoms with Crippen molar-refractivity contribution < 1.29 is 45.7 Å². The second-order valence-electron chi connectivity index (χ2n) is 19.4. The molecule has 13 nitrogen and oxygen atoms in total. The van der Waals surface area contributed by atoms with Crippen molar-refractivity contribution in [3.05, 3.63) is 138 Å². The van der Waals surface area contributed by atoms with E-state index in [-0.39, 0.29) is 41.9 Å². The summed E-state index contributed by atoms with van der Waals surface area (Å²) in [5.74, 6) is -0.586. The third kappa shape index (κ3) is 11.6. The minimum absolute atomic E-state index is 0.000916. The maximum atomic E-state index is 15.0. The molecule has 75 heavy (non-hydrogen) atoms. The van der Waals surface area contributed by atoms with Crippen molar-refractivity contribution in [1.29, 1.82) is 0 Å². The minimum atomic E-state index is -5.94. The van der Waals surface area contributed by atoms with Crippen molar-refractivity contribution in [2.45, 2.75) is 73.5 Å². The average Bonchev–Trinajstić information content (AvgIpc) is 3.96. The lowest BCUT2D eigenvalue weighted by atomic mass is 9.96. The van der Waals surface area contributed by atoms with Crippen LogP contribution >= 0.6 is 30.9 Å². The molecule has 0 spiro atoms. The number of carbonyl (C=O) groups is 1. The van der Waals surface area contributed by atoms with E-state index >= 15 is 0 Å². The maximum Gasteiger partial charge on any atom is 0.501 e. The third-order valence-corrected chi connectivity index (χ3v) is 19.8. The number of halogens is 4. The number of thioether (sulfide) groups is 1. The Balaban J connectivity index is 0.923. The molecule has 0 saturated carbocycles. The van der Waals surface area contributed by atoms with Crippen LogP contribution in [-0.4, -0.2) is 116 Å². The van der Waals surface area contributed by atoms with Gasteiger partial charge >= 0.3 is 19.0 Å². The molecule has 5 aromatic carbocycles. The van der Waals surface area contributed by atoms with Gasteiger partial charge in [-0.1, -0.05) is 54.1 Å². The first-order chi connectivity index (χ1) is 35.8. The highest BCUT2D eigenvalue weighted by Gasteiger charge is 2.49. The van der Waals surface area contributed by atoms with E-state index < -0.39 is 39.8 Å². The molecule has 1 unspecified atom stereocenters. The van der Waals surface area contributed by atoms with Crippen molar-refractivity contribution in [1.82, 2.24) is 9.47 Å². The van der Waals surface area contributed by atoms with Gasteiger partial charge in [0.2, 0.25) is 0 Å². The van der Waals surface area contributed by atoms with Gasteiger partial charge < -0.3 is 39.3 Å². The van der Waals surface area contributed by atoms with Gasteiger partial charge in [-0.2, -0.15) is 13.2 Å². The van der Waals surface area contributed by atoms with Crippen molar-refractivity contribution >= 4 is 74.7 Å². The van der Waals surface area contributed by atoms with Crippen LogP contribution in [0.25, 0.3) is 22.4 Å². The Morgan fingerprint density at radius 3 is 2.12 bits per heavy atom. The van der Waals surface area contributed by atoms with Crippen LogP contribution in [0.1, 0.15) is 55.2 Å². The normalized spacial score (nSPS) is 18.5. The Bertz CT molecular complexity index is 3150. The fraction of sp³-hybridized carbons (Fsp3) is 0.364. The summed E-state index contributed by atoms with van der Waals surface area (Å²) < 4.78 is 94.8. The van der Waals surface area contributed by atoms with Crippen molar-refractivity contribution in [3.63, 3.8) is 0 Å². The van der Waals surface area contributed by atoms with Crippen LogP contribution in [-0.2, 0) is 18.9 Å². The summed E-state index contributed by atoms with van der Waals surface area (Å²) >= 11 is 7.77. The van der Waals surface area contributed by atoms with Crippen LogP contribution in [0.4, 0.5) is 35.9 Å². The molecule has 398 valence electrons. The molecule has 0 bridgehead atoms. The number of nitrogens with one attached hydrogen (secondary N) is 1. The monoisotopic (exact) mass is 1100 g/mol. The molecule has 3 N–H and O–H groups in total. The topological polar surface area (TPSA) is 148 Å². The number of likely N-dealkylation sites (tertiary alicyclic amines) is 1. The van der Waals surface area contributed by atoms with Gasteiger partial charge in [-0.05, 0) is 130 Å². The molecule has 6 aromatic rings. The summed E-state index contributed by atoms with van der Waals surface area (Å²) in [4.78, 5) is 19.5. The van der Waals surface area contributed by atoms with Crippen LogP contribution in [0, 0.1) is 6.92 Å². The number of alkyl halides is 3. The molecule has 1 aromatic heterocycles. The summed E-state index contributed by atoms with van der Waals surface area (Å²) in [5, 5.41) is 24.2. The molecule has 3 aliphatic rings. The molecule has 3 aliphatic heterocycles. The van der Waals surface area contributed by atoms with Crippen LogP contribution in [0.3, 0.4) is 0 Å². The number of sulfone groups is 1. The quantitative estimate of drug-likeness (QED) is 0.0588. The molecular weight excluding hydrogens is 1040 g/mol. The standard InChI is InChI=1S/C55H61ClF3N6O7PS2/c1-37(2)65-38(3)51(54(67)68)52(53(65)39-12-14-41(56)15-13-39)40-8-7-9-45(34-40)63-30-28-62(29-31-63)43-16-18-44(19-17-43)64-32-33-72-73(64,69)47-20-21-49(50(35-47)75(70,71)55(57,58)59)60-42(36-74-48-10-5-4-6-11-48)22-25-61-26-23-46(66)24-27-61/h4-21,34-35,37,42,46,60,66H,22-33,36H2,1-3H3,(H,67,68)/t42?,73-/m1/s1. The van der Waals surface area contributed by atoms with Crippen molar-refractivity contribution in [3.8, 4) is 22.4 Å². The maximum absolute atomic E-state index is 15.0. The molecule has 3 saturated heterocycles. The van der Waals surface area contributed by atoms with Gasteiger partial charge in [-0.3, -0.25) is 9.24 Å². The minimum Gasteiger partial charge on any atom is -0.478 e. The van der Waals surface area contributed by atoms with Gasteiger partial charge in [0, 0.05) is 102 Å². The number of piperazine rings is 1. The van der Waals surface area contributed by atoms with E-state index in [2.05, 4.69) is 24.6 Å². The van der Waals surface area contributed by atoms with Gasteiger partial charge in [0.25, 0.3) is 9.84 Å². The largest absolute Gasteiger partial charge is 0.501 e. The number of nitrogens with zero attached hydrogens (tertiary/aromatic N) is 5. The zero-order valence-corrected chi connectivity index (χ0v) is 45.2. The average molecular weight is 1110 g/mol. The Labute approximate surface area is 445 Å². The predicted molar refractivity (Wildman–Crippen MR) is 294 cm³/mol. The van der Waals surface area contributed by atoms with E-state index in [1.165, 1.54) is 28.6 Å². The third-order valence-electron chi connectivity index (χ3n) is 14.3. The summed E-state index contributed by atoms with van der Waals surface area (Å²) in [6, 6.07) is 35.3. The van der Waals surface area contributed by atoms with E-state index in [1.54, 1.807) is 24.3 Å². The number of hydrogen-bond donors (Lipinski definition) is 3. The SMILES string of the molecule is Cc1c(C(=O)O)c(-c2cccc(N3CCN(c4ccc(N5CCO[P@]5(=O)c5ccc(NC(CCN6CCC(O)CC6)CSc6ccccc6)c(S(=O)(=O)C(F)(F)F)c5)cc4)CC3)c2)c(-c2ccc(Cl)cc2)n1C(C)C. The Morgan fingerprint density at radius 2 is 1.48 bits per heavy atom. The van der Waals surface area contributed by atoms with E-state index in [4.69, 9.17) is 16.1 Å². The number of piperidine rings is 1. The highest BCUT2D eigenvalue weighted by molar-refractivity contribution is 7.99. The number of benzene rings is 5. The molecule has 0 radical (unpaired) electrons. The predicted octanol–water partition coefficient (Wildman–Crippen LogP) is 11.5. The van der Waals surface area contributed by atoms with Gasteiger partial charge in [-0.15, -0.1) is 11.8 Å². The first-order valence-corrected chi connectivity index (χ1v) is 29.5. The first kappa shape index (κ1) is 54.3. The van der Waals surface area contributed by atoms with Crippen LogP contribution in [0.5, 0.6) is 0 Å². The number of carboxylic acids is 1. The highest BCUT2D eigenvalue weighted by Crippen LogP contribution is 2.56. The number of hydrogen-bond acceptors (Lipinski definition) is 11. The van der Waals surface area contributed by atoms with Crippen LogP contribution in [0.2, 0.25) is 5.02 Å². The number of rotatable bonds is 17. The van der Waals surface area contributed by atoms with Crippen molar-refractivity contribution in [2.75, 3.05) is 84.5 Å². The Morgan fingerprint density at radius 1 is 0.827 bits per heavy atom. The fourth-order valence-corrected chi connectivity index (χ4v) is 14.8. The first-order valence-electron chi connectivity index (χ1n) is 25.1. The van der Waals surface area contributed by atoms with Gasteiger partial charge in [0.05, 0.1) is 41.5 Å². The molecule has 0 aliphatic carbocycles. The van der Waals surface area contributed by atoms with Gasteiger partial charge in [-0.25, -0.2) is 13.2 Å². The summed E-state index contributed by atoms with van der Waals surface area (Å²) in [6.07, 6.45) is 1.35. The van der Waals surface area contributed by atoms with Gasteiger partial charge in [0.1, 0.15) is 4.90 Å². The number of aromatic nitrogens is 1. The Kier molecular flexibility index (Phi) is 16.4. The molecule has 9 rings (SSSR count). The molecule has 4 heterocycles. The van der Waals surface area contributed by atoms with Crippen molar-refractivity contribution in [2.24, 2.45) is 0 Å². The molecular formula is C55H61ClF3N6O7PS2. The number of aromatic carboxylic acids is 1. The zero-order chi connectivity index (χ0) is 53.2. The lowest BCUT2D eigenvalue weighted by Crippen LogP contribution is -2.46. The fourth-order valence-electron chi connectivity index (χ4n) is 10.4. The highest BCUT2D eigenvalue weighted by atomic mass is 35.5. The second-order valence-corrected chi connectivity index (χ2v) is 25.2. The molecule has 0 amide bonds.